The van der Waals surface area contributed by atoms with Crippen molar-refractivity contribution >= 4 is 10.9 Å². The fraction of sp³-hybridized carbons (Fsp3) is 0.222. The molecule has 0 saturated carbocycles. The van der Waals surface area contributed by atoms with Crippen LogP contribution in [0, 0.1) is 0 Å². The quantitative estimate of drug-likeness (QED) is 0.732. The lowest BCUT2D eigenvalue weighted by molar-refractivity contribution is 0.357. The van der Waals surface area contributed by atoms with Crippen molar-refractivity contribution in [3.63, 3.8) is 0 Å². The summed E-state index contributed by atoms with van der Waals surface area (Å²) in [6.07, 6.45) is 0.964. The Labute approximate surface area is 129 Å². The van der Waals surface area contributed by atoms with Crippen molar-refractivity contribution in [2.75, 3.05) is 14.2 Å². The number of rotatable bonds is 4. The summed E-state index contributed by atoms with van der Waals surface area (Å²) < 4.78 is 10.6. The van der Waals surface area contributed by atoms with Crippen LogP contribution < -0.4 is 9.47 Å². The molecule has 3 rings (SSSR count). The van der Waals surface area contributed by atoms with E-state index in [4.69, 9.17) is 9.47 Å². The molecule has 112 valence electrons. The highest BCUT2D eigenvalue weighted by Crippen LogP contribution is 2.34. The smallest absolute Gasteiger partial charge is 0.320 e. The van der Waals surface area contributed by atoms with Crippen LogP contribution in [0.1, 0.15) is 12.5 Å². The molecular formula is C18H18N2O2. The van der Waals surface area contributed by atoms with E-state index >= 15 is 0 Å². The highest BCUT2D eigenvalue weighted by molar-refractivity contribution is 5.97. The molecule has 0 radical (unpaired) electrons. The molecule has 0 N–H and O–H groups in total. The number of aromatic nitrogens is 2. The number of methoxy groups -OCH3 is 2. The molecule has 4 nitrogen and oxygen atoms in total. The zero-order chi connectivity index (χ0) is 15.5. The summed E-state index contributed by atoms with van der Waals surface area (Å²) in [7, 11) is 3.16. The van der Waals surface area contributed by atoms with Gasteiger partial charge in [0.2, 0.25) is 5.88 Å². The van der Waals surface area contributed by atoms with E-state index in [1.165, 1.54) is 11.1 Å². The van der Waals surface area contributed by atoms with E-state index < -0.39 is 0 Å². The van der Waals surface area contributed by atoms with Crippen LogP contribution >= 0.6 is 0 Å². The van der Waals surface area contributed by atoms with Crippen LogP contribution in [-0.2, 0) is 6.42 Å². The highest BCUT2D eigenvalue weighted by atomic mass is 16.5. The van der Waals surface area contributed by atoms with Gasteiger partial charge in [-0.3, -0.25) is 0 Å². The van der Waals surface area contributed by atoms with Crippen molar-refractivity contribution in [2.24, 2.45) is 0 Å². The first-order valence-electron chi connectivity index (χ1n) is 7.25. The Kier molecular flexibility index (Phi) is 3.92. The fourth-order valence-electron chi connectivity index (χ4n) is 2.66. The number of nitrogens with zero attached hydrogens (tertiary/aromatic N) is 2. The van der Waals surface area contributed by atoms with Crippen molar-refractivity contribution in [3.05, 3.63) is 48.0 Å². The zero-order valence-electron chi connectivity index (χ0n) is 13.0. The molecule has 0 atom stereocenters. The Morgan fingerprint density at radius 3 is 2.36 bits per heavy atom. The van der Waals surface area contributed by atoms with Crippen molar-refractivity contribution < 1.29 is 9.47 Å². The summed E-state index contributed by atoms with van der Waals surface area (Å²) in [4.78, 5) is 8.80. The van der Waals surface area contributed by atoms with Crippen LogP contribution in [0.2, 0.25) is 0 Å². The second-order valence-electron chi connectivity index (χ2n) is 4.93. The van der Waals surface area contributed by atoms with Gasteiger partial charge in [0.15, 0.2) is 0 Å². The lowest BCUT2D eigenvalue weighted by Crippen LogP contribution is -1.98. The molecule has 1 heterocycles. The van der Waals surface area contributed by atoms with Crippen LogP contribution in [0.3, 0.4) is 0 Å². The first kappa shape index (κ1) is 14.3. The third-order valence-electron chi connectivity index (χ3n) is 3.74. The number of hydrogen-bond donors (Lipinski definition) is 0. The lowest BCUT2D eigenvalue weighted by atomic mass is 9.96. The Morgan fingerprint density at radius 1 is 0.864 bits per heavy atom. The minimum absolute atomic E-state index is 0.311. The first-order chi connectivity index (χ1) is 10.8. The van der Waals surface area contributed by atoms with E-state index in [0.717, 1.165) is 22.9 Å². The molecule has 4 heteroatoms. The van der Waals surface area contributed by atoms with Gasteiger partial charge in [0, 0.05) is 5.56 Å². The lowest BCUT2D eigenvalue weighted by Gasteiger charge is -2.12. The van der Waals surface area contributed by atoms with Gasteiger partial charge in [0.05, 0.1) is 25.1 Å². The second-order valence-corrected chi connectivity index (χ2v) is 4.93. The topological polar surface area (TPSA) is 44.2 Å². The molecule has 22 heavy (non-hydrogen) atoms. The predicted molar refractivity (Wildman–Crippen MR) is 87.5 cm³/mol. The predicted octanol–water partition coefficient (Wildman–Crippen LogP) is 3.88. The van der Waals surface area contributed by atoms with Gasteiger partial charge in [-0.2, -0.15) is 9.97 Å². The van der Waals surface area contributed by atoms with E-state index in [1.807, 2.05) is 18.2 Å². The van der Waals surface area contributed by atoms with Gasteiger partial charge in [-0.1, -0.05) is 43.3 Å². The average Bonchev–Trinajstić information content (AvgIpc) is 2.60. The number of aryl methyl sites for hydroxylation is 1. The monoisotopic (exact) mass is 294 g/mol. The zero-order valence-corrected chi connectivity index (χ0v) is 13.0. The molecule has 0 aliphatic heterocycles. The summed E-state index contributed by atoms with van der Waals surface area (Å²) >= 11 is 0. The van der Waals surface area contributed by atoms with Crippen molar-refractivity contribution in [2.45, 2.75) is 13.3 Å². The third-order valence-corrected chi connectivity index (χ3v) is 3.74. The van der Waals surface area contributed by atoms with Gasteiger partial charge < -0.3 is 9.47 Å². The highest BCUT2D eigenvalue weighted by Gasteiger charge is 2.14. The number of para-hydroxylation sites is 1. The van der Waals surface area contributed by atoms with Gasteiger partial charge >= 0.3 is 6.01 Å². The van der Waals surface area contributed by atoms with Crippen LogP contribution in [0.15, 0.2) is 42.5 Å². The van der Waals surface area contributed by atoms with Gasteiger partial charge in [0.25, 0.3) is 0 Å². The molecule has 0 amide bonds. The summed E-state index contributed by atoms with van der Waals surface area (Å²) in [5, 5.41) is 0.881. The van der Waals surface area contributed by atoms with E-state index in [2.05, 4.69) is 41.2 Å². The van der Waals surface area contributed by atoms with Gasteiger partial charge in [-0.25, -0.2) is 0 Å². The molecule has 2 aromatic carbocycles. The first-order valence-corrected chi connectivity index (χ1v) is 7.25. The molecule has 3 aromatic rings. The number of hydrogen-bond acceptors (Lipinski definition) is 4. The minimum Gasteiger partial charge on any atom is -0.480 e. The summed E-state index contributed by atoms with van der Waals surface area (Å²) in [5.74, 6) is 0.526. The summed E-state index contributed by atoms with van der Waals surface area (Å²) in [5.41, 5.74) is 4.37. The molecule has 0 unspecified atom stereocenters. The maximum atomic E-state index is 5.39. The molecule has 0 fully saturated rings. The third kappa shape index (κ3) is 2.37. The van der Waals surface area contributed by atoms with Gasteiger partial charge in [-0.05, 0) is 23.6 Å². The van der Waals surface area contributed by atoms with Crippen LogP contribution in [0.4, 0.5) is 0 Å². The molecule has 0 bridgehead atoms. The largest absolute Gasteiger partial charge is 0.480 e. The molecular weight excluding hydrogens is 276 g/mol. The molecule has 0 saturated heterocycles. The fourth-order valence-corrected chi connectivity index (χ4v) is 2.66. The Hall–Kier alpha value is -2.62. The SMILES string of the molecule is CCc1ccccc1-c1cccc2c(OC)nc(OC)nc12. The van der Waals surface area contributed by atoms with E-state index in [0.29, 0.717) is 11.9 Å². The van der Waals surface area contributed by atoms with Crippen LogP contribution in [-0.4, -0.2) is 24.2 Å². The van der Waals surface area contributed by atoms with Crippen molar-refractivity contribution in [1.82, 2.24) is 9.97 Å². The average molecular weight is 294 g/mol. The molecule has 0 aliphatic carbocycles. The number of fused-ring (bicyclic) bond motifs is 1. The van der Waals surface area contributed by atoms with E-state index in [9.17, 15) is 0 Å². The maximum Gasteiger partial charge on any atom is 0.320 e. The number of ether oxygens (including phenoxy) is 2. The van der Waals surface area contributed by atoms with Crippen molar-refractivity contribution in [3.8, 4) is 23.0 Å². The Balaban J connectivity index is 2.35. The van der Waals surface area contributed by atoms with Gasteiger partial charge in [-0.15, -0.1) is 0 Å². The van der Waals surface area contributed by atoms with E-state index in [1.54, 1.807) is 14.2 Å². The standard InChI is InChI=1S/C18H18N2O2/c1-4-12-8-5-6-9-13(12)14-10-7-11-15-16(14)19-18(22-3)20-17(15)21-2/h5-11H,4H2,1-3H3. The molecule has 1 aromatic heterocycles. The Bertz CT molecular complexity index is 815. The Morgan fingerprint density at radius 2 is 1.64 bits per heavy atom. The maximum absolute atomic E-state index is 5.39. The van der Waals surface area contributed by atoms with Crippen LogP contribution in [0.25, 0.3) is 22.0 Å². The van der Waals surface area contributed by atoms with Crippen LogP contribution in [0.5, 0.6) is 11.9 Å². The summed E-state index contributed by atoms with van der Waals surface area (Å²) in [6.45, 7) is 2.15. The number of benzene rings is 2. The molecule has 0 aliphatic rings. The van der Waals surface area contributed by atoms with E-state index in [-0.39, 0.29) is 0 Å². The summed E-state index contributed by atoms with van der Waals surface area (Å²) in [6, 6.07) is 14.7. The second kappa shape index (κ2) is 6.02. The minimum atomic E-state index is 0.311. The van der Waals surface area contributed by atoms with Crippen molar-refractivity contribution in [1.29, 1.82) is 0 Å². The normalized spacial score (nSPS) is 10.7. The molecule has 0 spiro atoms. The van der Waals surface area contributed by atoms with Gasteiger partial charge in [0.1, 0.15) is 0 Å².